The molecule has 202 valence electrons. The number of para-hydroxylation sites is 2. The number of nitrogens with one attached hydrogen (secondary N) is 2. The van der Waals surface area contributed by atoms with E-state index in [9.17, 15) is 0 Å². The summed E-state index contributed by atoms with van der Waals surface area (Å²) >= 11 is 0. The van der Waals surface area contributed by atoms with Gasteiger partial charge in [-0.1, -0.05) is 118 Å². The highest BCUT2D eigenvalue weighted by molar-refractivity contribution is 5.88. The first-order valence-electron chi connectivity index (χ1n) is 14.8. The lowest BCUT2D eigenvalue weighted by Crippen LogP contribution is -2.29. The van der Waals surface area contributed by atoms with Gasteiger partial charge in [-0.3, -0.25) is 0 Å². The first kappa shape index (κ1) is 26.2. The zero-order valence-electron chi connectivity index (χ0n) is 23.8. The Morgan fingerprint density at radius 1 is 0.575 bits per heavy atom. The summed E-state index contributed by atoms with van der Waals surface area (Å²) in [5, 5.41) is 2.63. The van der Waals surface area contributed by atoms with Crippen molar-refractivity contribution in [3.05, 3.63) is 144 Å². The normalized spacial score (nSPS) is 14.2. The third kappa shape index (κ3) is 5.23. The summed E-state index contributed by atoms with van der Waals surface area (Å²) < 4.78 is 0. The average Bonchev–Trinajstić information content (AvgIpc) is 3.60. The molecule has 40 heavy (non-hydrogen) atoms. The quantitative estimate of drug-likeness (QED) is 0.179. The van der Waals surface area contributed by atoms with Gasteiger partial charge in [-0.2, -0.15) is 0 Å². The summed E-state index contributed by atoms with van der Waals surface area (Å²) in [6, 6.07) is 39.9. The van der Waals surface area contributed by atoms with E-state index in [0.29, 0.717) is 23.7 Å². The van der Waals surface area contributed by atoms with Gasteiger partial charge in [0.1, 0.15) is 0 Å². The van der Waals surface area contributed by atoms with Crippen LogP contribution < -0.4 is 0 Å². The van der Waals surface area contributed by atoms with Crippen LogP contribution in [-0.4, -0.2) is 9.97 Å². The molecule has 0 bridgehead atoms. The number of aromatic nitrogens is 2. The summed E-state index contributed by atoms with van der Waals surface area (Å²) in [5.74, 6) is 2.08. The molecule has 6 rings (SSSR count). The molecule has 0 amide bonds. The van der Waals surface area contributed by atoms with Crippen molar-refractivity contribution in [2.75, 3.05) is 0 Å². The number of benzene rings is 4. The third-order valence-corrected chi connectivity index (χ3v) is 8.79. The average molecular weight is 525 g/mol. The summed E-state index contributed by atoms with van der Waals surface area (Å²) in [4.78, 5) is 7.25. The SMILES string of the molecule is CC(C)CC(C(C)Cc1ccccc1)C(c1ccccc1)C(c1c[nH]c2ccccc12)c1c[nH]c2ccccc12. The molecule has 0 saturated carbocycles. The maximum atomic E-state index is 3.62. The molecule has 3 atom stereocenters. The Labute approximate surface area is 238 Å². The molecular formula is C38H40N2. The number of aromatic amines is 2. The van der Waals surface area contributed by atoms with Crippen molar-refractivity contribution in [3.8, 4) is 0 Å². The van der Waals surface area contributed by atoms with Crippen LogP contribution in [0, 0.1) is 17.8 Å². The Morgan fingerprint density at radius 3 is 1.62 bits per heavy atom. The second-order valence-electron chi connectivity index (χ2n) is 12.0. The van der Waals surface area contributed by atoms with Crippen molar-refractivity contribution in [3.63, 3.8) is 0 Å². The molecule has 0 aliphatic carbocycles. The number of hydrogen-bond acceptors (Lipinski definition) is 0. The fraction of sp³-hybridized carbons (Fsp3) is 0.263. The van der Waals surface area contributed by atoms with Gasteiger partial charge in [-0.25, -0.2) is 0 Å². The van der Waals surface area contributed by atoms with E-state index in [1.54, 1.807) is 0 Å². The van der Waals surface area contributed by atoms with Gasteiger partial charge in [0.25, 0.3) is 0 Å². The Hall–Kier alpha value is -4.04. The van der Waals surface area contributed by atoms with Crippen LogP contribution in [0.1, 0.15) is 61.3 Å². The highest BCUT2D eigenvalue weighted by atomic mass is 14.7. The fourth-order valence-corrected chi connectivity index (χ4v) is 7.03. The van der Waals surface area contributed by atoms with Gasteiger partial charge in [0, 0.05) is 40.1 Å². The standard InChI is InChI=1S/C38H40N2/c1-26(2)22-32(27(3)23-28-14-6-4-7-15-28)37(29-16-8-5-9-17-29)38(33-24-39-35-20-12-10-18-30(33)35)34-25-40-36-21-13-11-19-31(34)36/h4-21,24-27,32,37-40H,22-23H2,1-3H3. The molecule has 2 nitrogen and oxygen atoms in total. The first-order chi connectivity index (χ1) is 19.6. The van der Waals surface area contributed by atoms with E-state index in [1.807, 2.05) is 0 Å². The zero-order valence-corrected chi connectivity index (χ0v) is 23.8. The fourth-order valence-electron chi connectivity index (χ4n) is 7.03. The lowest BCUT2D eigenvalue weighted by molar-refractivity contribution is 0.236. The Kier molecular flexibility index (Phi) is 7.60. The van der Waals surface area contributed by atoms with E-state index in [1.165, 1.54) is 50.5 Å². The van der Waals surface area contributed by atoms with Crippen molar-refractivity contribution in [1.82, 2.24) is 9.97 Å². The van der Waals surface area contributed by atoms with E-state index < -0.39 is 0 Å². The van der Waals surface area contributed by atoms with Crippen molar-refractivity contribution >= 4 is 21.8 Å². The van der Waals surface area contributed by atoms with Crippen LogP contribution in [0.5, 0.6) is 0 Å². The molecule has 0 radical (unpaired) electrons. The maximum absolute atomic E-state index is 3.62. The van der Waals surface area contributed by atoms with Gasteiger partial charge in [0.05, 0.1) is 0 Å². The minimum absolute atomic E-state index is 0.191. The molecule has 2 heteroatoms. The van der Waals surface area contributed by atoms with Crippen LogP contribution >= 0.6 is 0 Å². The maximum Gasteiger partial charge on any atom is 0.0457 e. The Morgan fingerprint density at radius 2 is 1.07 bits per heavy atom. The van der Waals surface area contributed by atoms with Gasteiger partial charge in [0.2, 0.25) is 0 Å². The van der Waals surface area contributed by atoms with Gasteiger partial charge in [-0.15, -0.1) is 0 Å². The van der Waals surface area contributed by atoms with Crippen LogP contribution in [0.15, 0.2) is 122 Å². The summed E-state index contributed by atoms with van der Waals surface area (Å²) in [7, 11) is 0. The molecule has 0 spiro atoms. The largest absolute Gasteiger partial charge is 0.361 e. The molecule has 2 heterocycles. The predicted octanol–water partition coefficient (Wildman–Crippen LogP) is 10.1. The number of fused-ring (bicyclic) bond motifs is 2. The second-order valence-corrected chi connectivity index (χ2v) is 12.0. The molecule has 0 aliphatic heterocycles. The zero-order chi connectivity index (χ0) is 27.5. The van der Waals surface area contributed by atoms with Crippen molar-refractivity contribution in [2.24, 2.45) is 17.8 Å². The van der Waals surface area contributed by atoms with Crippen LogP contribution in [0.3, 0.4) is 0 Å². The van der Waals surface area contributed by atoms with Gasteiger partial charge >= 0.3 is 0 Å². The minimum Gasteiger partial charge on any atom is -0.361 e. The summed E-state index contributed by atoms with van der Waals surface area (Å²) in [6.07, 6.45) is 6.81. The summed E-state index contributed by atoms with van der Waals surface area (Å²) in [5.41, 5.74) is 8.02. The lowest BCUT2D eigenvalue weighted by atomic mass is 9.64. The van der Waals surface area contributed by atoms with Crippen LogP contribution in [0.4, 0.5) is 0 Å². The molecule has 0 saturated heterocycles. The van der Waals surface area contributed by atoms with Gasteiger partial charge < -0.3 is 9.97 Å². The van der Waals surface area contributed by atoms with Crippen molar-refractivity contribution in [2.45, 2.75) is 45.4 Å². The molecule has 6 aromatic rings. The second kappa shape index (κ2) is 11.6. The van der Waals surface area contributed by atoms with E-state index in [4.69, 9.17) is 0 Å². The molecule has 0 aliphatic rings. The third-order valence-electron chi connectivity index (χ3n) is 8.79. The van der Waals surface area contributed by atoms with E-state index >= 15 is 0 Å². The Bertz CT molecular complexity index is 1580. The van der Waals surface area contributed by atoms with E-state index in [2.05, 4.69) is 152 Å². The highest BCUT2D eigenvalue weighted by Crippen LogP contribution is 2.50. The smallest absolute Gasteiger partial charge is 0.0457 e. The van der Waals surface area contributed by atoms with Crippen LogP contribution in [0.2, 0.25) is 0 Å². The monoisotopic (exact) mass is 524 g/mol. The van der Waals surface area contributed by atoms with Crippen LogP contribution in [0.25, 0.3) is 21.8 Å². The van der Waals surface area contributed by atoms with Crippen molar-refractivity contribution in [1.29, 1.82) is 0 Å². The molecule has 0 fully saturated rings. The molecule has 2 aromatic heterocycles. The molecule has 2 N–H and O–H groups in total. The molecule has 4 aromatic carbocycles. The van der Waals surface area contributed by atoms with Crippen LogP contribution in [-0.2, 0) is 6.42 Å². The Balaban J connectivity index is 1.58. The number of hydrogen-bond donors (Lipinski definition) is 2. The van der Waals surface area contributed by atoms with Gasteiger partial charge in [0.15, 0.2) is 0 Å². The van der Waals surface area contributed by atoms with Gasteiger partial charge in [-0.05, 0) is 70.9 Å². The van der Waals surface area contributed by atoms with E-state index in [0.717, 1.165) is 6.42 Å². The highest BCUT2D eigenvalue weighted by Gasteiger charge is 2.38. The van der Waals surface area contributed by atoms with E-state index in [-0.39, 0.29) is 5.92 Å². The molecule has 3 unspecified atom stereocenters. The molecular weight excluding hydrogens is 484 g/mol. The topological polar surface area (TPSA) is 31.6 Å². The number of rotatable bonds is 10. The first-order valence-corrected chi connectivity index (χ1v) is 14.8. The minimum atomic E-state index is 0.191. The van der Waals surface area contributed by atoms with Crippen molar-refractivity contribution < 1.29 is 0 Å². The number of H-pyrrole nitrogens is 2. The summed E-state index contributed by atoms with van der Waals surface area (Å²) in [6.45, 7) is 7.25. The lowest BCUT2D eigenvalue weighted by Gasteiger charge is -2.39. The predicted molar refractivity (Wildman–Crippen MR) is 170 cm³/mol.